The van der Waals surface area contributed by atoms with Crippen molar-refractivity contribution in [3.63, 3.8) is 0 Å². The minimum Gasteiger partial charge on any atom is -0.456 e. The van der Waals surface area contributed by atoms with Gasteiger partial charge in [0.25, 0.3) is 23.4 Å². The first-order valence-electron chi connectivity index (χ1n) is 8.88. The molecule has 1 saturated heterocycles. The summed E-state index contributed by atoms with van der Waals surface area (Å²) in [5.74, 6) is -3.35. The quantitative estimate of drug-likeness (QED) is 0.253. The molecule has 3 rings (SSSR count). The molecule has 0 saturated carbocycles. The van der Waals surface area contributed by atoms with Crippen LogP contribution in [0.1, 0.15) is 33.6 Å². The summed E-state index contributed by atoms with van der Waals surface area (Å²) in [5.41, 5.74) is -0.943. The van der Waals surface area contributed by atoms with Crippen LogP contribution in [-0.2, 0) is 24.2 Å². The molecule has 12 nitrogen and oxygen atoms in total. The molecule has 0 bridgehead atoms. The highest BCUT2D eigenvalue weighted by molar-refractivity contribution is 7.91. The summed E-state index contributed by atoms with van der Waals surface area (Å²) in [6.07, 6.45) is -0.127. The number of benzene rings is 1. The Morgan fingerprint density at radius 2 is 2.00 bits per heavy atom. The van der Waals surface area contributed by atoms with Crippen molar-refractivity contribution in [3.05, 3.63) is 39.4 Å². The summed E-state index contributed by atoms with van der Waals surface area (Å²) in [7, 11) is -3.17. The lowest BCUT2D eigenvalue weighted by Gasteiger charge is -2.14. The van der Waals surface area contributed by atoms with Gasteiger partial charge in [-0.3, -0.25) is 34.2 Å². The number of amides is 3. The fourth-order valence-corrected chi connectivity index (χ4v) is 4.94. The number of nitrogens with one attached hydrogen (secondary N) is 1. The van der Waals surface area contributed by atoms with Gasteiger partial charge in [-0.2, -0.15) is 0 Å². The highest BCUT2D eigenvalue weighted by atomic mass is 32.2. The maximum absolute atomic E-state index is 12.4. The van der Waals surface area contributed by atoms with Crippen LogP contribution in [0.4, 0.5) is 5.69 Å². The Labute approximate surface area is 170 Å². The Hall–Kier alpha value is -3.35. The second kappa shape index (κ2) is 8.18. The molecule has 3 amide bonds. The van der Waals surface area contributed by atoms with Crippen LogP contribution in [0.5, 0.6) is 0 Å². The number of nitro benzene ring substituents is 1. The summed E-state index contributed by atoms with van der Waals surface area (Å²) in [5, 5.41) is 13.5. The van der Waals surface area contributed by atoms with Gasteiger partial charge < -0.3 is 10.1 Å². The van der Waals surface area contributed by atoms with Crippen LogP contribution < -0.4 is 5.32 Å². The lowest BCUT2D eigenvalue weighted by molar-refractivity contribution is -0.385. The van der Waals surface area contributed by atoms with E-state index in [-0.39, 0.29) is 35.6 Å². The monoisotopic (exact) mass is 439 g/mol. The molecule has 30 heavy (non-hydrogen) atoms. The van der Waals surface area contributed by atoms with Gasteiger partial charge in [0.15, 0.2) is 16.4 Å². The van der Waals surface area contributed by atoms with E-state index in [4.69, 9.17) is 4.74 Å². The summed E-state index contributed by atoms with van der Waals surface area (Å²) in [4.78, 5) is 59.3. The van der Waals surface area contributed by atoms with Crippen LogP contribution in [0, 0.1) is 10.1 Å². The molecule has 1 atom stereocenters. The smallest absolute Gasteiger partial charge is 0.308 e. The zero-order valence-corrected chi connectivity index (χ0v) is 16.3. The average Bonchev–Trinajstić information content (AvgIpc) is 3.14. The maximum atomic E-state index is 12.4. The van der Waals surface area contributed by atoms with Crippen molar-refractivity contribution in [3.8, 4) is 0 Å². The van der Waals surface area contributed by atoms with E-state index in [1.165, 1.54) is 12.1 Å². The van der Waals surface area contributed by atoms with Crippen LogP contribution in [0.15, 0.2) is 18.2 Å². The second-order valence-electron chi connectivity index (χ2n) is 6.80. The van der Waals surface area contributed by atoms with E-state index < -0.39 is 63.2 Å². The largest absolute Gasteiger partial charge is 0.456 e. The molecule has 2 aliphatic heterocycles. The number of rotatable bonds is 7. The summed E-state index contributed by atoms with van der Waals surface area (Å²) in [6.45, 7) is -1.01. The first kappa shape index (κ1) is 21.4. The highest BCUT2D eigenvalue weighted by Crippen LogP contribution is 2.30. The van der Waals surface area contributed by atoms with E-state index in [1.807, 2.05) is 0 Å². The van der Waals surface area contributed by atoms with Crippen LogP contribution in [0.2, 0.25) is 0 Å². The zero-order valence-electron chi connectivity index (χ0n) is 15.5. The van der Waals surface area contributed by atoms with Crippen molar-refractivity contribution in [1.82, 2.24) is 10.2 Å². The zero-order chi connectivity index (χ0) is 22.1. The van der Waals surface area contributed by atoms with Crippen LogP contribution in [-0.4, -0.2) is 72.6 Å². The topological polar surface area (TPSA) is 170 Å². The third kappa shape index (κ3) is 4.45. The molecule has 1 aromatic carbocycles. The molecule has 160 valence electrons. The average molecular weight is 439 g/mol. The number of hydrogen-bond acceptors (Lipinski definition) is 9. The van der Waals surface area contributed by atoms with Crippen molar-refractivity contribution >= 4 is 39.2 Å². The van der Waals surface area contributed by atoms with Gasteiger partial charge in [-0.25, -0.2) is 8.42 Å². The molecule has 0 radical (unpaired) electrons. The van der Waals surface area contributed by atoms with Crippen LogP contribution >= 0.6 is 0 Å². The molecule has 1 aromatic rings. The number of imide groups is 1. The number of hydrogen-bond donors (Lipinski definition) is 1. The minimum atomic E-state index is -3.17. The Morgan fingerprint density at radius 3 is 2.63 bits per heavy atom. The normalized spacial score (nSPS) is 19.5. The first-order valence-corrected chi connectivity index (χ1v) is 10.7. The first-order chi connectivity index (χ1) is 14.1. The molecule has 2 heterocycles. The third-order valence-corrected chi connectivity index (χ3v) is 6.44. The highest BCUT2D eigenvalue weighted by Gasteiger charge is 2.40. The van der Waals surface area contributed by atoms with Crippen molar-refractivity contribution in [2.75, 3.05) is 24.7 Å². The van der Waals surface area contributed by atoms with Gasteiger partial charge in [-0.05, 0) is 12.5 Å². The fourth-order valence-electron chi connectivity index (χ4n) is 3.27. The molecule has 13 heteroatoms. The summed E-state index contributed by atoms with van der Waals surface area (Å²) >= 11 is 0. The molecule has 2 aliphatic rings. The lowest BCUT2D eigenvalue weighted by atomic mass is 10.1. The van der Waals surface area contributed by atoms with E-state index >= 15 is 0 Å². The van der Waals surface area contributed by atoms with Gasteiger partial charge in [-0.1, -0.05) is 6.07 Å². The number of carbonyl (C=O) groups excluding carboxylic acids is 4. The lowest BCUT2D eigenvalue weighted by Crippen LogP contribution is -2.38. The molecular weight excluding hydrogens is 422 g/mol. The standard InChI is InChI=1S/C17H17N3O9S/c21-13(18-10-5-7-30(27,28)9-10)8-29-14(22)4-6-19-16(23)11-2-1-3-12(20(25)26)15(11)17(19)24/h1-3,10H,4-9H2,(H,18,21)/t10-/m1/s1. The third-order valence-electron chi connectivity index (χ3n) is 4.68. The molecule has 1 N–H and O–H groups in total. The van der Waals surface area contributed by atoms with Crippen LogP contribution in [0.3, 0.4) is 0 Å². The van der Waals surface area contributed by atoms with Crippen molar-refractivity contribution < 1.29 is 37.3 Å². The molecule has 0 spiro atoms. The molecule has 0 aromatic heterocycles. The number of sulfone groups is 1. The maximum Gasteiger partial charge on any atom is 0.308 e. The fraction of sp³-hybridized carbons (Fsp3) is 0.412. The minimum absolute atomic E-state index is 0.0177. The Morgan fingerprint density at radius 1 is 1.27 bits per heavy atom. The number of esters is 1. The predicted molar refractivity (Wildman–Crippen MR) is 99.2 cm³/mol. The van der Waals surface area contributed by atoms with Crippen molar-refractivity contribution in [2.24, 2.45) is 0 Å². The number of ether oxygens (including phenoxy) is 1. The van der Waals surface area contributed by atoms with Gasteiger partial charge in [0, 0.05) is 18.7 Å². The van der Waals surface area contributed by atoms with Gasteiger partial charge in [0.2, 0.25) is 0 Å². The molecular formula is C17H17N3O9S. The van der Waals surface area contributed by atoms with Gasteiger partial charge in [-0.15, -0.1) is 0 Å². The predicted octanol–water partition coefficient (Wildman–Crippen LogP) is -0.573. The van der Waals surface area contributed by atoms with E-state index in [9.17, 15) is 37.7 Å². The number of fused-ring (bicyclic) bond motifs is 1. The Balaban J connectivity index is 1.50. The van der Waals surface area contributed by atoms with E-state index in [0.29, 0.717) is 4.90 Å². The van der Waals surface area contributed by atoms with Crippen molar-refractivity contribution in [2.45, 2.75) is 18.9 Å². The number of nitro groups is 1. The summed E-state index contributed by atoms with van der Waals surface area (Å²) < 4.78 is 27.5. The van der Waals surface area contributed by atoms with Crippen LogP contribution in [0.25, 0.3) is 0 Å². The van der Waals surface area contributed by atoms with E-state index in [1.54, 1.807) is 0 Å². The van der Waals surface area contributed by atoms with Crippen molar-refractivity contribution in [1.29, 1.82) is 0 Å². The number of nitrogens with zero attached hydrogens (tertiary/aromatic N) is 2. The second-order valence-corrected chi connectivity index (χ2v) is 9.03. The van der Waals surface area contributed by atoms with Gasteiger partial charge in [0.1, 0.15) is 5.56 Å². The SMILES string of the molecule is O=C(COC(=O)CCN1C(=O)c2cccc([N+](=O)[O-])c2C1=O)N[C@@H]1CCS(=O)(=O)C1. The van der Waals surface area contributed by atoms with E-state index in [0.717, 1.165) is 6.07 Å². The van der Waals surface area contributed by atoms with E-state index in [2.05, 4.69) is 5.32 Å². The Bertz CT molecular complexity index is 1050. The van der Waals surface area contributed by atoms with Gasteiger partial charge >= 0.3 is 5.97 Å². The van der Waals surface area contributed by atoms with Gasteiger partial charge in [0.05, 0.1) is 28.4 Å². The summed E-state index contributed by atoms with van der Waals surface area (Å²) in [6, 6.07) is 3.15. The number of carbonyl (C=O) groups is 4. The Kier molecular flexibility index (Phi) is 5.82. The molecule has 0 unspecified atom stereocenters. The molecule has 0 aliphatic carbocycles. The molecule has 1 fully saturated rings.